The van der Waals surface area contributed by atoms with Gasteiger partial charge in [0.25, 0.3) is 0 Å². The van der Waals surface area contributed by atoms with E-state index in [0.717, 1.165) is 6.07 Å². The van der Waals surface area contributed by atoms with E-state index in [1.54, 1.807) is 6.08 Å². The van der Waals surface area contributed by atoms with Crippen LogP contribution in [0.3, 0.4) is 0 Å². The van der Waals surface area contributed by atoms with Crippen LogP contribution in [0.15, 0.2) is 29.8 Å². The largest absolute Gasteiger partial charge is 0.305 e. The third kappa shape index (κ3) is 2.31. The molecule has 1 aliphatic heterocycles. The van der Waals surface area contributed by atoms with Gasteiger partial charge in [-0.25, -0.2) is 8.78 Å². The number of halogens is 2. The molecule has 130 valence electrons. The summed E-state index contributed by atoms with van der Waals surface area (Å²) in [5, 5.41) is 37.5. The summed E-state index contributed by atoms with van der Waals surface area (Å²) in [5.41, 5.74) is -1.91. The molecular formula is C19H15F2N5. The summed E-state index contributed by atoms with van der Waals surface area (Å²) < 4.78 is 28.5. The van der Waals surface area contributed by atoms with E-state index < -0.39 is 34.8 Å². The number of nitrogens with one attached hydrogen (secondary N) is 1. The fourth-order valence-corrected chi connectivity index (χ4v) is 4.06. The smallest absolute Gasteiger partial charge is 0.189 e. The maximum atomic E-state index is 14.6. The number of benzene rings is 1. The summed E-state index contributed by atoms with van der Waals surface area (Å²) in [4.78, 5) is 1.92. The lowest BCUT2D eigenvalue weighted by atomic mass is 9.54. The van der Waals surface area contributed by atoms with Crippen molar-refractivity contribution in [3.63, 3.8) is 0 Å². The van der Waals surface area contributed by atoms with Gasteiger partial charge in [0.05, 0.1) is 23.9 Å². The monoisotopic (exact) mass is 351 g/mol. The summed E-state index contributed by atoms with van der Waals surface area (Å²) in [5.74, 6) is -4.82. The Morgan fingerprint density at radius 3 is 2.54 bits per heavy atom. The molecule has 1 unspecified atom stereocenters. The van der Waals surface area contributed by atoms with E-state index >= 15 is 0 Å². The number of nitriles is 3. The molecular weight excluding hydrogens is 336 g/mol. The van der Waals surface area contributed by atoms with Crippen molar-refractivity contribution in [2.75, 3.05) is 20.1 Å². The summed E-state index contributed by atoms with van der Waals surface area (Å²) in [7, 11) is 1.83. The van der Waals surface area contributed by atoms with Crippen LogP contribution in [0.2, 0.25) is 0 Å². The first kappa shape index (κ1) is 17.7. The van der Waals surface area contributed by atoms with Crippen molar-refractivity contribution < 1.29 is 8.78 Å². The maximum absolute atomic E-state index is 14.6. The molecule has 2 aliphatic rings. The molecule has 1 saturated carbocycles. The molecule has 7 heteroatoms. The average molecular weight is 351 g/mol. The van der Waals surface area contributed by atoms with Gasteiger partial charge in [0.2, 0.25) is 0 Å². The second kappa shape index (κ2) is 6.33. The van der Waals surface area contributed by atoms with Gasteiger partial charge in [-0.3, -0.25) is 0 Å². The zero-order valence-electron chi connectivity index (χ0n) is 14.0. The van der Waals surface area contributed by atoms with Crippen molar-refractivity contribution in [1.29, 1.82) is 21.2 Å². The Labute approximate surface area is 149 Å². The minimum absolute atomic E-state index is 0.111. The quantitative estimate of drug-likeness (QED) is 0.787. The lowest BCUT2D eigenvalue weighted by Gasteiger charge is -2.47. The number of hydrogen-bond acceptors (Lipinski definition) is 5. The molecule has 1 heterocycles. The number of likely N-dealkylation sites (N-methyl/N-ethyl adjacent to an activating group) is 1. The zero-order valence-corrected chi connectivity index (χ0v) is 14.0. The molecule has 0 amide bonds. The van der Waals surface area contributed by atoms with Gasteiger partial charge in [0.15, 0.2) is 17.0 Å². The van der Waals surface area contributed by atoms with Crippen molar-refractivity contribution >= 4 is 5.71 Å². The second-order valence-corrected chi connectivity index (χ2v) is 6.66. The van der Waals surface area contributed by atoms with Crippen LogP contribution in [0.25, 0.3) is 0 Å². The predicted octanol–water partition coefficient (Wildman–Crippen LogP) is 2.74. The lowest BCUT2D eigenvalue weighted by molar-refractivity contribution is 0.231. The fraction of sp³-hybridized carbons (Fsp3) is 0.368. The molecule has 3 atom stereocenters. The Balaban J connectivity index is 2.32. The van der Waals surface area contributed by atoms with Crippen molar-refractivity contribution in [2.24, 2.45) is 17.3 Å². The van der Waals surface area contributed by atoms with Gasteiger partial charge in [0.1, 0.15) is 5.92 Å². The Morgan fingerprint density at radius 1 is 1.23 bits per heavy atom. The van der Waals surface area contributed by atoms with Gasteiger partial charge in [-0.2, -0.15) is 15.8 Å². The van der Waals surface area contributed by atoms with Gasteiger partial charge < -0.3 is 10.3 Å². The van der Waals surface area contributed by atoms with Crippen molar-refractivity contribution in [2.45, 2.75) is 5.92 Å². The molecule has 5 nitrogen and oxygen atoms in total. The zero-order chi connectivity index (χ0) is 19.1. The molecule has 0 bridgehead atoms. The van der Waals surface area contributed by atoms with Crippen LogP contribution < -0.4 is 0 Å². The molecule has 0 radical (unpaired) electrons. The lowest BCUT2D eigenvalue weighted by Crippen LogP contribution is -2.52. The molecule has 1 aromatic rings. The van der Waals surface area contributed by atoms with Crippen molar-refractivity contribution in [1.82, 2.24) is 4.90 Å². The summed E-state index contributed by atoms with van der Waals surface area (Å²) in [6.07, 6.45) is 1.79. The Bertz CT molecular complexity index is 917. The SMILES string of the molecule is CN1CC=C2C(C#N)C(=N)C(C#N)(C#N)[C@H](c3cccc(F)c3F)[C@@H]2C1. The first-order valence-electron chi connectivity index (χ1n) is 8.04. The molecule has 1 N–H and O–H groups in total. The van der Waals surface area contributed by atoms with Crippen LogP contribution in [-0.4, -0.2) is 30.7 Å². The van der Waals surface area contributed by atoms with Gasteiger partial charge in [-0.05, 0) is 24.3 Å². The normalized spacial score (nSPS) is 27.5. The van der Waals surface area contributed by atoms with Crippen molar-refractivity contribution in [3.05, 3.63) is 47.0 Å². The highest BCUT2D eigenvalue weighted by Gasteiger charge is 2.58. The van der Waals surface area contributed by atoms with Gasteiger partial charge >= 0.3 is 0 Å². The van der Waals surface area contributed by atoms with Crippen molar-refractivity contribution in [3.8, 4) is 18.2 Å². The van der Waals surface area contributed by atoms with E-state index in [2.05, 4.69) is 0 Å². The first-order valence-corrected chi connectivity index (χ1v) is 8.04. The fourth-order valence-electron chi connectivity index (χ4n) is 4.06. The highest BCUT2D eigenvalue weighted by molar-refractivity contribution is 6.00. The first-order chi connectivity index (χ1) is 12.4. The number of hydrogen-bond donors (Lipinski definition) is 1. The number of nitrogens with zero attached hydrogens (tertiary/aromatic N) is 4. The number of rotatable bonds is 1. The van der Waals surface area contributed by atoms with Crippen LogP contribution >= 0.6 is 0 Å². The van der Waals surface area contributed by atoms with Crippen LogP contribution in [0.1, 0.15) is 11.5 Å². The van der Waals surface area contributed by atoms with Gasteiger partial charge in [-0.15, -0.1) is 0 Å². The highest BCUT2D eigenvalue weighted by Crippen LogP contribution is 2.53. The van der Waals surface area contributed by atoms with Crippen LogP contribution in [0.4, 0.5) is 8.78 Å². The topological polar surface area (TPSA) is 98.5 Å². The summed E-state index contributed by atoms with van der Waals surface area (Å²) in [6.45, 7) is 0.921. The average Bonchev–Trinajstić information content (AvgIpc) is 2.64. The molecule has 3 rings (SSSR count). The van der Waals surface area contributed by atoms with E-state index in [4.69, 9.17) is 5.41 Å². The highest BCUT2D eigenvalue weighted by atomic mass is 19.2. The molecule has 26 heavy (non-hydrogen) atoms. The molecule has 0 spiro atoms. The van der Waals surface area contributed by atoms with Gasteiger partial charge in [-0.1, -0.05) is 18.2 Å². The standard InChI is InChI=1S/C19H15F2N5/c1-26-6-5-11-13(7-22)18(25)19(9-23,10-24)16(14(11)8-26)12-3-2-4-15(20)17(12)21/h2-5,13-14,16,25H,6,8H2,1H3/t13?,14-,16-/m1/s1. The van der Waals surface area contributed by atoms with E-state index in [9.17, 15) is 24.6 Å². The minimum atomic E-state index is -2.03. The van der Waals surface area contributed by atoms with Crippen LogP contribution in [0, 0.1) is 68.3 Å². The molecule has 0 saturated heterocycles. The second-order valence-electron chi connectivity index (χ2n) is 6.66. The van der Waals surface area contributed by atoms with Gasteiger partial charge in [0, 0.05) is 24.9 Å². The molecule has 0 aromatic heterocycles. The van der Waals surface area contributed by atoms with E-state index in [0.29, 0.717) is 18.7 Å². The maximum Gasteiger partial charge on any atom is 0.189 e. The number of fused-ring (bicyclic) bond motifs is 1. The van der Waals surface area contributed by atoms with E-state index in [1.165, 1.54) is 12.1 Å². The van der Waals surface area contributed by atoms with E-state index in [1.807, 2.05) is 30.2 Å². The van der Waals surface area contributed by atoms with Crippen LogP contribution in [0.5, 0.6) is 0 Å². The minimum Gasteiger partial charge on any atom is -0.305 e. The molecule has 1 fully saturated rings. The summed E-state index contributed by atoms with van der Waals surface area (Å²) in [6, 6.07) is 9.35. The molecule has 1 aromatic carbocycles. The Morgan fingerprint density at radius 2 is 1.92 bits per heavy atom. The molecule has 1 aliphatic carbocycles. The third-order valence-electron chi connectivity index (χ3n) is 5.29. The summed E-state index contributed by atoms with van der Waals surface area (Å²) >= 11 is 0. The Kier molecular flexibility index (Phi) is 4.32. The van der Waals surface area contributed by atoms with E-state index in [-0.39, 0.29) is 11.3 Å². The third-order valence-corrected chi connectivity index (χ3v) is 5.29. The van der Waals surface area contributed by atoms with Crippen LogP contribution in [-0.2, 0) is 0 Å². The Hall–Kier alpha value is -3.08. The predicted molar refractivity (Wildman–Crippen MR) is 88.7 cm³/mol.